The van der Waals surface area contributed by atoms with Gasteiger partial charge >= 0.3 is 6.09 Å². The number of anilines is 1. The molecule has 7 heteroatoms. The highest BCUT2D eigenvalue weighted by Gasteiger charge is 2.06. The maximum Gasteiger partial charge on any atom is 0.407 e. The number of hydrogen-bond donors (Lipinski definition) is 2. The molecule has 2 amide bonds. The van der Waals surface area contributed by atoms with Gasteiger partial charge < -0.3 is 15.4 Å². The van der Waals surface area contributed by atoms with Gasteiger partial charge in [-0.3, -0.25) is 4.79 Å². The molecule has 0 bridgehead atoms. The molecule has 7 nitrogen and oxygen atoms in total. The van der Waals surface area contributed by atoms with E-state index in [1.807, 2.05) is 31.2 Å². The number of alkyl carbamates (subject to hydrolysis) is 1. The van der Waals surface area contributed by atoms with Crippen LogP contribution in [0.1, 0.15) is 19.2 Å². The summed E-state index contributed by atoms with van der Waals surface area (Å²) in [5.74, 6) is 0.495. The van der Waals surface area contributed by atoms with Crippen molar-refractivity contribution >= 4 is 17.7 Å². The normalized spacial score (nSPS) is 10.1. The van der Waals surface area contributed by atoms with Crippen molar-refractivity contribution in [2.45, 2.75) is 20.3 Å². The van der Waals surface area contributed by atoms with Gasteiger partial charge in [0.05, 0.1) is 12.3 Å². The number of carbonyl (C=O) groups is 2. The number of benzene rings is 1. The van der Waals surface area contributed by atoms with Gasteiger partial charge in [0.15, 0.2) is 0 Å². The van der Waals surface area contributed by atoms with Gasteiger partial charge in [-0.1, -0.05) is 12.1 Å². The molecular weight excluding hydrogens is 308 g/mol. The Morgan fingerprint density at radius 3 is 2.83 bits per heavy atom. The summed E-state index contributed by atoms with van der Waals surface area (Å²) in [5, 5.41) is 5.30. The molecule has 1 heterocycles. The number of aromatic nitrogens is 2. The van der Waals surface area contributed by atoms with Gasteiger partial charge in [0.1, 0.15) is 5.82 Å². The lowest BCUT2D eigenvalue weighted by molar-refractivity contribution is -0.116. The van der Waals surface area contributed by atoms with Crippen LogP contribution >= 0.6 is 0 Å². The molecule has 126 valence electrons. The summed E-state index contributed by atoms with van der Waals surface area (Å²) >= 11 is 0. The van der Waals surface area contributed by atoms with E-state index < -0.39 is 6.09 Å². The van der Waals surface area contributed by atoms with E-state index in [0.29, 0.717) is 18.1 Å². The van der Waals surface area contributed by atoms with Crippen molar-refractivity contribution in [2.75, 3.05) is 18.5 Å². The third kappa shape index (κ3) is 5.35. The van der Waals surface area contributed by atoms with Crippen LogP contribution in [0.4, 0.5) is 10.5 Å². The van der Waals surface area contributed by atoms with Crippen LogP contribution in [-0.2, 0) is 9.53 Å². The summed E-state index contributed by atoms with van der Waals surface area (Å²) < 4.78 is 4.72. The Bertz CT molecular complexity index is 718. The lowest BCUT2D eigenvalue weighted by atomic mass is 10.1. The van der Waals surface area contributed by atoms with Crippen LogP contribution in [0.3, 0.4) is 0 Å². The molecule has 0 aliphatic heterocycles. The Kier molecular flexibility index (Phi) is 6.24. The van der Waals surface area contributed by atoms with E-state index in [1.165, 1.54) is 0 Å². The molecule has 0 radical (unpaired) electrons. The minimum Gasteiger partial charge on any atom is -0.450 e. The first-order valence-electron chi connectivity index (χ1n) is 7.69. The third-order valence-corrected chi connectivity index (χ3v) is 3.11. The average Bonchev–Trinajstić information content (AvgIpc) is 2.55. The topological polar surface area (TPSA) is 93.2 Å². The number of aryl methyl sites for hydroxylation is 1. The van der Waals surface area contributed by atoms with E-state index in [9.17, 15) is 9.59 Å². The molecule has 0 aliphatic carbocycles. The molecule has 24 heavy (non-hydrogen) atoms. The highest BCUT2D eigenvalue weighted by atomic mass is 16.5. The van der Waals surface area contributed by atoms with Gasteiger partial charge in [-0.2, -0.15) is 0 Å². The number of hydrogen-bond acceptors (Lipinski definition) is 5. The zero-order valence-corrected chi connectivity index (χ0v) is 13.7. The van der Waals surface area contributed by atoms with Crippen LogP contribution in [0, 0.1) is 6.92 Å². The molecule has 0 atom stereocenters. The average molecular weight is 328 g/mol. The second-order valence-corrected chi connectivity index (χ2v) is 5.02. The second kappa shape index (κ2) is 8.61. The number of amides is 2. The quantitative estimate of drug-likeness (QED) is 0.850. The van der Waals surface area contributed by atoms with Crippen molar-refractivity contribution in [2.24, 2.45) is 0 Å². The molecule has 0 aliphatic rings. The molecule has 0 fully saturated rings. The first-order valence-corrected chi connectivity index (χ1v) is 7.69. The second-order valence-electron chi connectivity index (χ2n) is 5.02. The van der Waals surface area contributed by atoms with Crippen molar-refractivity contribution in [3.63, 3.8) is 0 Å². The molecule has 2 rings (SSSR count). The van der Waals surface area contributed by atoms with Crippen LogP contribution in [0.25, 0.3) is 11.3 Å². The van der Waals surface area contributed by atoms with Gasteiger partial charge in [-0.15, -0.1) is 0 Å². The number of rotatable bonds is 6. The largest absolute Gasteiger partial charge is 0.450 e. The van der Waals surface area contributed by atoms with Crippen molar-refractivity contribution in [1.82, 2.24) is 15.3 Å². The molecular formula is C17H20N4O3. The maximum absolute atomic E-state index is 11.9. The molecule has 2 aromatic rings. The van der Waals surface area contributed by atoms with Gasteiger partial charge in [0, 0.05) is 30.4 Å². The highest BCUT2D eigenvalue weighted by molar-refractivity contribution is 5.91. The van der Waals surface area contributed by atoms with Gasteiger partial charge in [-0.05, 0) is 32.0 Å². The standard InChI is InChI=1S/C17H20N4O3/c1-3-24-17(23)19-10-8-16(22)21-14-6-4-5-13(11-14)15-7-9-18-12(2)20-15/h4-7,9,11H,3,8,10H2,1-2H3,(H,19,23)(H,21,22). The molecule has 1 aromatic heterocycles. The van der Waals surface area contributed by atoms with Crippen molar-refractivity contribution < 1.29 is 14.3 Å². The Labute approximate surface area is 140 Å². The number of carbonyl (C=O) groups excluding carboxylic acids is 2. The minimum absolute atomic E-state index is 0.162. The molecule has 0 saturated carbocycles. The van der Waals surface area contributed by atoms with Crippen molar-refractivity contribution in [3.8, 4) is 11.3 Å². The smallest absolute Gasteiger partial charge is 0.407 e. The first kappa shape index (κ1) is 17.4. The Hall–Kier alpha value is -2.96. The fraction of sp³-hybridized carbons (Fsp3) is 0.294. The Balaban J connectivity index is 1.92. The van der Waals surface area contributed by atoms with Gasteiger partial charge in [0.25, 0.3) is 0 Å². The number of ether oxygens (including phenoxy) is 1. The zero-order valence-electron chi connectivity index (χ0n) is 13.7. The van der Waals surface area contributed by atoms with Crippen molar-refractivity contribution in [1.29, 1.82) is 0 Å². The fourth-order valence-electron chi connectivity index (χ4n) is 2.06. The number of nitrogens with one attached hydrogen (secondary N) is 2. The summed E-state index contributed by atoms with van der Waals surface area (Å²) in [5.41, 5.74) is 2.36. The number of nitrogens with zero attached hydrogens (tertiary/aromatic N) is 2. The molecule has 0 saturated heterocycles. The highest BCUT2D eigenvalue weighted by Crippen LogP contribution is 2.20. The third-order valence-electron chi connectivity index (χ3n) is 3.11. The Morgan fingerprint density at radius 2 is 2.08 bits per heavy atom. The van der Waals surface area contributed by atoms with E-state index in [4.69, 9.17) is 4.74 Å². The van der Waals surface area contributed by atoms with E-state index in [0.717, 1.165) is 11.3 Å². The predicted octanol–water partition coefficient (Wildman–Crippen LogP) is 2.53. The van der Waals surface area contributed by atoms with Gasteiger partial charge in [-0.25, -0.2) is 14.8 Å². The fourth-order valence-corrected chi connectivity index (χ4v) is 2.06. The monoisotopic (exact) mass is 328 g/mol. The van der Waals surface area contributed by atoms with Gasteiger partial charge in [0.2, 0.25) is 5.91 Å². The van der Waals surface area contributed by atoms with Crippen LogP contribution in [-0.4, -0.2) is 35.1 Å². The van der Waals surface area contributed by atoms with Crippen LogP contribution in [0.5, 0.6) is 0 Å². The zero-order chi connectivity index (χ0) is 17.4. The van der Waals surface area contributed by atoms with E-state index >= 15 is 0 Å². The lowest BCUT2D eigenvalue weighted by Crippen LogP contribution is -2.28. The molecule has 0 spiro atoms. The van der Waals surface area contributed by atoms with Crippen LogP contribution in [0.2, 0.25) is 0 Å². The maximum atomic E-state index is 11.9. The van der Waals surface area contributed by atoms with Crippen LogP contribution < -0.4 is 10.6 Å². The van der Waals surface area contributed by atoms with E-state index in [1.54, 1.807) is 19.2 Å². The predicted molar refractivity (Wildman–Crippen MR) is 90.5 cm³/mol. The molecule has 1 aromatic carbocycles. The van der Waals surface area contributed by atoms with E-state index in [-0.39, 0.29) is 18.9 Å². The summed E-state index contributed by atoms with van der Waals surface area (Å²) in [4.78, 5) is 31.5. The summed E-state index contributed by atoms with van der Waals surface area (Å²) in [6.07, 6.45) is 1.34. The summed E-state index contributed by atoms with van der Waals surface area (Å²) in [7, 11) is 0. The molecule has 2 N–H and O–H groups in total. The van der Waals surface area contributed by atoms with E-state index in [2.05, 4.69) is 20.6 Å². The van der Waals surface area contributed by atoms with Crippen molar-refractivity contribution in [3.05, 3.63) is 42.4 Å². The summed E-state index contributed by atoms with van der Waals surface area (Å²) in [6, 6.07) is 9.23. The first-order chi connectivity index (χ1) is 11.6. The summed E-state index contributed by atoms with van der Waals surface area (Å²) in [6.45, 7) is 4.06. The van der Waals surface area contributed by atoms with Crippen LogP contribution in [0.15, 0.2) is 36.5 Å². The lowest BCUT2D eigenvalue weighted by Gasteiger charge is -2.08. The molecule has 0 unspecified atom stereocenters. The Morgan fingerprint density at radius 1 is 1.25 bits per heavy atom. The minimum atomic E-state index is -0.522. The SMILES string of the molecule is CCOC(=O)NCCC(=O)Nc1cccc(-c2ccnc(C)n2)c1.